The van der Waals surface area contributed by atoms with Crippen LogP contribution in [0, 0.1) is 0 Å². The number of hydrogen-bond donors (Lipinski definition) is 1. The first-order chi connectivity index (χ1) is 7.72. The number of carbonyl (C=O) groups excluding carboxylic acids is 1. The van der Waals surface area contributed by atoms with Crippen LogP contribution in [0.25, 0.3) is 0 Å². The van der Waals surface area contributed by atoms with Gasteiger partial charge in [-0.2, -0.15) is 12.6 Å². The van der Waals surface area contributed by atoms with E-state index in [1.165, 1.54) is 0 Å². The maximum atomic E-state index is 11.7. The van der Waals surface area contributed by atoms with E-state index in [-0.39, 0.29) is 12.5 Å². The van der Waals surface area contributed by atoms with Gasteiger partial charge in [-0.1, -0.05) is 11.6 Å². The second-order valence-electron chi connectivity index (χ2n) is 3.52. The minimum Gasteiger partial charge on any atom is -0.482 e. The number of ether oxygens (including phenoxy) is 1. The van der Waals surface area contributed by atoms with Crippen molar-refractivity contribution in [2.45, 2.75) is 6.42 Å². The largest absolute Gasteiger partial charge is 0.482 e. The summed E-state index contributed by atoms with van der Waals surface area (Å²) < 4.78 is 5.33. The normalized spacial score (nSPS) is 14.6. The number of carbonyl (C=O) groups is 1. The lowest BCUT2D eigenvalue weighted by atomic mass is 10.2. The predicted molar refractivity (Wildman–Crippen MR) is 67.8 cm³/mol. The second kappa shape index (κ2) is 4.97. The van der Waals surface area contributed by atoms with E-state index in [9.17, 15) is 4.79 Å². The van der Waals surface area contributed by atoms with Crippen LogP contribution < -0.4 is 9.64 Å². The molecule has 0 radical (unpaired) electrons. The zero-order valence-corrected chi connectivity index (χ0v) is 10.3. The van der Waals surface area contributed by atoms with Crippen molar-refractivity contribution in [3.8, 4) is 5.75 Å². The molecule has 1 amide bonds. The lowest BCUT2D eigenvalue weighted by Gasteiger charge is -2.29. The Morgan fingerprint density at radius 2 is 2.31 bits per heavy atom. The third-order valence-electron chi connectivity index (χ3n) is 2.40. The highest BCUT2D eigenvalue weighted by molar-refractivity contribution is 7.80. The first-order valence-corrected chi connectivity index (χ1v) is 6.07. The average molecular weight is 258 g/mol. The van der Waals surface area contributed by atoms with E-state index in [1.54, 1.807) is 23.1 Å². The van der Waals surface area contributed by atoms with Crippen molar-refractivity contribution in [2.24, 2.45) is 0 Å². The molecule has 0 spiro atoms. The number of amides is 1. The highest BCUT2D eigenvalue weighted by atomic mass is 35.5. The summed E-state index contributed by atoms with van der Waals surface area (Å²) in [7, 11) is 0. The van der Waals surface area contributed by atoms with E-state index in [2.05, 4.69) is 12.6 Å². The molecule has 0 fully saturated rings. The fourth-order valence-electron chi connectivity index (χ4n) is 1.65. The molecule has 1 heterocycles. The molecule has 0 saturated carbocycles. The molecular formula is C11H12ClNO2S. The van der Waals surface area contributed by atoms with Gasteiger partial charge in [-0.15, -0.1) is 0 Å². The average Bonchev–Trinajstić information content (AvgIpc) is 2.28. The summed E-state index contributed by atoms with van der Waals surface area (Å²) in [4.78, 5) is 13.4. The summed E-state index contributed by atoms with van der Waals surface area (Å²) in [6.45, 7) is 0.750. The van der Waals surface area contributed by atoms with Crippen molar-refractivity contribution < 1.29 is 9.53 Å². The second-order valence-corrected chi connectivity index (χ2v) is 4.41. The van der Waals surface area contributed by atoms with Gasteiger partial charge in [-0.3, -0.25) is 4.79 Å². The third kappa shape index (κ3) is 2.28. The van der Waals surface area contributed by atoms with E-state index in [0.29, 0.717) is 17.3 Å². The Balaban J connectivity index is 2.31. The van der Waals surface area contributed by atoms with Gasteiger partial charge in [0.05, 0.1) is 5.69 Å². The van der Waals surface area contributed by atoms with Crippen molar-refractivity contribution in [2.75, 3.05) is 23.8 Å². The molecule has 86 valence electrons. The highest BCUT2D eigenvalue weighted by Crippen LogP contribution is 2.34. The van der Waals surface area contributed by atoms with Crippen molar-refractivity contribution in [1.82, 2.24) is 0 Å². The Labute approximate surface area is 105 Å². The van der Waals surface area contributed by atoms with Crippen molar-refractivity contribution >= 4 is 35.8 Å². The number of benzene rings is 1. The van der Waals surface area contributed by atoms with Crippen LogP contribution in [0.3, 0.4) is 0 Å². The number of halogens is 1. The number of nitrogens with zero attached hydrogens (tertiary/aromatic N) is 1. The number of fused-ring (bicyclic) bond motifs is 1. The molecule has 1 aliphatic heterocycles. The zero-order valence-electron chi connectivity index (χ0n) is 8.65. The van der Waals surface area contributed by atoms with Gasteiger partial charge in [0.1, 0.15) is 5.75 Å². The molecule has 0 bridgehead atoms. The van der Waals surface area contributed by atoms with Crippen LogP contribution in [0.15, 0.2) is 18.2 Å². The van der Waals surface area contributed by atoms with Crippen LogP contribution in [0.2, 0.25) is 5.02 Å². The molecule has 5 heteroatoms. The summed E-state index contributed by atoms with van der Waals surface area (Å²) in [5.74, 6) is 1.43. The van der Waals surface area contributed by atoms with Crippen molar-refractivity contribution in [3.63, 3.8) is 0 Å². The van der Waals surface area contributed by atoms with Crippen LogP contribution in [0.5, 0.6) is 5.75 Å². The van der Waals surface area contributed by atoms with Crippen molar-refractivity contribution in [3.05, 3.63) is 23.2 Å². The van der Waals surface area contributed by atoms with Crippen LogP contribution in [-0.4, -0.2) is 24.8 Å². The quantitative estimate of drug-likeness (QED) is 0.843. The van der Waals surface area contributed by atoms with Gasteiger partial charge in [0, 0.05) is 11.6 Å². The molecular weight excluding hydrogens is 246 g/mol. The van der Waals surface area contributed by atoms with E-state index in [4.69, 9.17) is 16.3 Å². The Morgan fingerprint density at radius 3 is 3.06 bits per heavy atom. The molecule has 0 aromatic heterocycles. The molecule has 0 saturated heterocycles. The van der Waals surface area contributed by atoms with Gasteiger partial charge in [0.2, 0.25) is 0 Å². The van der Waals surface area contributed by atoms with Gasteiger partial charge in [0.25, 0.3) is 5.91 Å². The fourth-order valence-corrected chi connectivity index (χ4v) is 1.96. The van der Waals surface area contributed by atoms with Gasteiger partial charge < -0.3 is 9.64 Å². The molecule has 1 aliphatic rings. The summed E-state index contributed by atoms with van der Waals surface area (Å²) in [5, 5.41) is 0.605. The number of anilines is 1. The van der Waals surface area contributed by atoms with E-state index >= 15 is 0 Å². The zero-order chi connectivity index (χ0) is 11.5. The summed E-state index contributed by atoms with van der Waals surface area (Å²) >= 11 is 10.1. The number of rotatable bonds is 3. The topological polar surface area (TPSA) is 29.5 Å². The van der Waals surface area contributed by atoms with Crippen LogP contribution >= 0.6 is 24.2 Å². The minimum absolute atomic E-state index is 0.0310. The monoisotopic (exact) mass is 257 g/mol. The van der Waals surface area contributed by atoms with E-state index < -0.39 is 0 Å². The SMILES string of the molecule is O=C1COc2ccc(Cl)cc2N1CCCS. The third-order valence-corrected chi connectivity index (χ3v) is 2.96. The molecule has 16 heavy (non-hydrogen) atoms. The number of hydrogen-bond acceptors (Lipinski definition) is 3. The molecule has 0 N–H and O–H groups in total. The Hall–Kier alpha value is -0.870. The Kier molecular flexibility index (Phi) is 3.61. The standard InChI is InChI=1S/C11H12ClNO2S/c12-8-2-3-10-9(6-8)13(4-1-5-16)11(14)7-15-10/h2-3,6,16H,1,4-5,7H2. The Bertz CT molecular complexity index is 411. The summed E-state index contributed by atoms with van der Waals surface area (Å²) in [6, 6.07) is 5.30. The van der Waals surface area contributed by atoms with Gasteiger partial charge in [0.15, 0.2) is 6.61 Å². The molecule has 3 nitrogen and oxygen atoms in total. The lowest BCUT2D eigenvalue weighted by Crippen LogP contribution is -2.39. The summed E-state index contributed by atoms with van der Waals surface area (Å²) in [5.41, 5.74) is 0.755. The van der Waals surface area contributed by atoms with Crippen LogP contribution in [-0.2, 0) is 4.79 Å². The van der Waals surface area contributed by atoms with E-state index in [0.717, 1.165) is 17.9 Å². The van der Waals surface area contributed by atoms with Gasteiger partial charge in [-0.05, 0) is 30.4 Å². The summed E-state index contributed by atoms with van der Waals surface area (Å²) in [6.07, 6.45) is 0.848. The predicted octanol–water partition coefficient (Wildman–Crippen LogP) is 2.39. The Morgan fingerprint density at radius 1 is 1.50 bits per heavy atom. The molecule has 0 atom stereocenters. The van der Waals surface area contributed by atoms with E-state index in [1.807, 2.05) is 0 Å². The smallest absolute Gasteiger partial charge is 0.265 e. The maximum absolute atomic E-state index is 11.7. The van der Waals surface area contributed by atoms with Gasteiger partial charge in [-0.25, -0.2) is 0 Å². The first kappa shape index (κ1) is 11.6. The molecule has 0 unspecified atom stereocenters. The van der Waals surface area contributed by atoms with Gasteiger partial charge >= 0.3 is 0 Å². The van der Waals surface area contributed by atoms with Crippen molar-refractivity contribution in [1.29, 1.82) is 0 Å². The first-order valence-electron chi connectivity index (χ1n) is 5.06. The molecule has 1 aromatic carbocycles. The lowest BCUT2D eigenvalue weighted by molar-refractivity contribution is -0.121. The molecule has 2 rings (SSSR count). The molecule has 0 aliphatic carbocycles. The molecule has 1 aromatic rings. The number of thiol groups is 1. The minimum atomic E-state index is -0.0310. The highest BCUT2D eigenvalue weighted by Gasteiger charge is 2.24. The fraction of sp³-hybridized carbons (Fsp3) is 0.364. The van der Waals surface area contributed by atoms with Crippen LogP contribution in [0.1, 0.15) is 6.42 Å². The van der Waals surface area contributed by atoms with Crippen LogP contribution in [0.4, 0.5) is 5.69 Å². The maximum Gasteiger partial charge on any atom is 0.265 e.